The predicted octanol–water partition coefficient (Wildman–Crippen LogP) is 1.39. The first-order chi connectivity index (χ1) is 7.59. The largest absolute Gasteiger partial charge is 0.337 e. The number of amides is 1. The van der Waals surface area contributed by atoms with Crippen LogP contribution in [-0.2, 0) is 4.79 Å². The van der Waals surface area contributed by atoms with Gasteiger partial charge in [-0.2, -0.15) is 12.6 Å². The quantitative estimate of drug-likeness (QED) is 0.740. The van der Waals surface area contributed by atoms with Crippen molar-refractivity contribution < 1.29 is 4.79 Å². The molecule has 1 aliphatic heterocycles. The summed E-state index contributed by atoms with van der Waals surface area (Å²) in [6.07, 6.45) is 5.56. The summed E-state index contributed by atoms with van der Waals surface area (Å²) in [5.41, 5.74) is 0. The first-order valence-electron chi connectivity index (χ1n) is 6.23. The molecule has 0 aromatic heterocycles. The summed E-state index contributed by atoms with van der Waals surface area (Å²) >= 11 is 4.44. The van der Waals surface area contributed by atoms with E-state index in [0.717, 1.165) is 13.0 Å². The number of thiol groups is 1. The maximum absolute atomic E-state index is 11.9. The number of carbonyl (C=O) groups is 1. The molecule has 2 aliphatic rings. The minimum Gasteiger partial charge on any atom is -0.337 e. The standard InChI is InChI=1S/C12H22N2OS/c1-13(2)10-5-3-4-6-11(10)14-8-9(16)7-12(14)15/h9-11,16H,3-8H2,1-2H3/t9?,10-,11-/m0/s1. The van der Waals surface area contributed by atoms with Crippen molar-refractivity contribution in [3.8, 4) is 0 Å². The van der Waals surface area contributed by atoms with Crippen LogP contribution in [0.15, 0.2) is 0 Å². The van der Waals surface area contributed by atoms with Crippen LogP contribution in [0, 0.1) is 0 Å². The first kappa shape index (κ1) is 12.2. The zero-order valence-corrected chi connectivity index (χ0v) is 11.1. The Hall–Kier alpha value is -0.220. The van der Waals surface area contributed by atoms with Crippen molar-refractivity contribution in [1.29, 1.82) is 0 Å². The third-order valence-corrected chi connectivity index (χ3v) is 4.24. The van der Waals surface area contributed by atoms with Gasteiger partial charge >= 0.3 is 0 Å². The van der Waals surface area contributed by atoms with Crippen LogP contribution in [0.4, 0.5) is 0 Å². The van der Waals surface area contributed by atoms with Crippen LogP contribution in [0.1, 0.15) is 32.1 Å². The normalized spacial score (nSPS) is 36.1. The molecule has 1 saturated carbocycles. The number of likely N-dealkylation sites (tertiary alicyclic amines) is 1. The van der Waals surface area contributed by atoms with Gasteiger partial charge in [0.15, 0.2) is 0 Å². The Kier molecular flexibility index (Phi) is 3.80. The van der Waals surface area contributed by atoms with Gasteiger partial charge in [-0.05, 0) is 26.9 Å². The van der Waals surface area contributed by atoms with Crippen LogP contribution in [0.5, 0.6) is 0 Å². The third-order valence-electron chi connectivity index (χ3n) is 3.90. The molecule has 1 heterocycles. The van der Waals surface area contributed by atoms with E-state index in [1.165, 1.54) is 19.3 Å². The van der Waals surface area contributed by atoms with E-state index in [1.807, 2.05) is 0 Å². The van der Waals surface area contributed by atoms with Gasteiger partial charge in [-0.3, -0.25) is 4.79 Å². The molecule has 16 heavy (non-hydrogen) atoms. The monoisotopic (exact) mass is 242 g/mol. The molecule has 0 spiro atoms. The number of rotatable bonds is 2. The molecule has 1 saturated heterocycles. The van der Waals surface area contributed by atoms with E-state index >= 15 is 0 Å². The molecule has 92 valence electrons. The zero-order chi connectivity index (χ0) is 11.7. The van der Waals surface area contributed by atoms with E-state index in [9.17, 15) is 4.79 Å². The molecular formula is C12H22N2OS. The Morgan fingerprint density at radius 1 is 1.31 bits per heavy atom. The lowest BCUT2D eigenvalue weighted by molar-refractivity contribution is -0.131. The molecule has 1 unspecified atom stereocenters. The summed E-state index contributed by atoms with van der Waals surface area (Å²) in [5, 5.41) is 0.247. The van der Waals surface area contributed by atoms with Crippen molar-refractivity contribution in [3.63, 3.8) is 0 Å². The molecule has 0 aromatic rings. The smallest absolute Gasteiger partial charge is 0.224 e. The fraction of sp³-hybridized carbons (Fsp3) is 0.917. The lowest BCUT2D eigenvalue weighted by Crippen LogP contribution is -2.51. The van der Waals surface area contributed by atoms with Gasteiger partial charge in [-0.25, -0.2) is 0 Å². The second kappa shape index (κ2) is 4.96. The summed E-state index contributed by atoms with van der Waals surface area (Å²) in [6.45, 7) is 0.844. The molecule has 0 N–H and O–H groups in total. The highest BCUT2D eigenvalue weighted by Crippen LogP contribution is 2.30. The van der Waals surface area contributed by atoms with Gasteiger partial charge in [0.2, 0.25) is 5.91 Å². The van der Waals surface area contributed by atoms with Gasteiger partial charge in [0.05, 0.1) is 0 Å². The van der Waals surface area contributed by atoms with Crippen LogP contribution in [0.2, 0.25) is 0 Å². The fourth-order valence-electron chi connectivity index (χ4n) is 3.09. The summed E-state index contributed by atoms with van der Waals surface area (Å²) in [7, 11) is 4.25. The molecule has 1 amide bonds. The van der Waals surface area contributed by atoms with E-state index < -0.39 is 0 Å². The lowest BCUT2D eigenvalue weighted by atomic mass is 9.88. The molecule has 3 nitrogen and oxygen atoms in total. The summed E-state index contributed by atoms with van der Waals surface area (Å²) in [5.74, 6) is 0.304. The Balaban J connectivity index is 2.08. The molecule has 2 rings (SSSR count). The second-order valence-corrected chi connectivity index (χ2v) is 6.02. The molecule has 1 aliphatic carbocycles. The number of hydrogen-bond donors (Lipinski definition) is 1. The topological polar surface area (TPSA) is 23.6 Å². The fourth-order valence-corrected chi connectivity index (χ4v) is 3.42. The summed E-state index contributed by atoms with van der Waals surface area (Å²) < 4.78 is 0. The van der Waals surface area contributed by atoms with E-state index in [-0.39, 0.29) is 5.25 Å². The molecule has 0 radical (unpaired) electrons. The maximum Gasteiger partial charge on any atom is 0.224 e. The minimum atomic E-state index is 0.247. The number of carbonyl (C=O) groups excluding carboxylic acids is 1. The van der Waals surface area contributed by atoms with Crippen LogP contribution in [-0.4, -0.2) is 53.7 Å². The Bertz CT molecular complexity index is 270. The van der Waals surface area contributed by atoms with Gasteiger partial charge in [-0.1, -0.05) is 12.8 Å². The van der Waals surface area contributed by atoms with Crippen molar-refractivity contribution in [1.82, 2.24) is 9.80 Å². The first-order valence-corrected chi connectivity index (χ1v) is 6.75. The highest BCUT2D eigenvalue weighted by Gasteiger charge is 2.38. The van der Waals surface area contributed by atoms with Crippen molar-refractivity contribution in [2.24, 2.45) is 0 Å². The molecule has 3 atom stereocenters. The van der Waals surface area contributed by atoms with Gasteiger partial charge in [0, 0.05) is 30.3 Å². The van der Waals surface area contributed by atoms with Crippen LogP contribution in [0.3, 0.4) is 0 Å². The van der Waals surface area contributed by atoms with E-state index in [0.29, 0.717) is 24.4 Å². The van der Waals surface area contributed by atoms with E-state index in [4.69, 9.17) is 0 Å². The Morgan fingerprint density at radius 2 is 2.00 bits per heavy atom. The van der Waals surface area contributed by atoms with Crippen molar-refractivity contribution >= 4 is 18.5 Å². The predicted molar refractivity (Wildman–Crippen MR) is 68.8 cm³/mol. The molecule has 4 heteroatoms. The third kappa shape index (κ3) is 2.38. The average molecular weight is 242 g/mol. The zero-order valence-electron chi connectivity index (χ0n) is 10.2. The maximum atomic E-state index is 11.9. The minimum absolute atomic E-state index is 0.247. The van der Waals surface area contributed by atoms with Gasteiger partial charge in [-0.15, -0.1) is 0 Å². The summed E-state index contributed by atoms with van der Waals surface area (Å²) in [4.78, 5) is 16.3. The van der Waals surface area contributed by atoms with E-state index in [2.05, 4.69) is 36.5 Å². The van der Waals surface area contributed by atoms with Gasteiger partial charge < -0.3 is 9.80 Å². The average Bonchev–Trinajstić information content (AvgIpc) is 2.57. The van der Waals surface area contributed by atoms with Crippen molar-refractivity contribution in [2.75, 3.05) is 20.6 Å². The molecule has 0 aromatic carbocycles. The van der Waals surface area contributed by atoms with Crippen molar-refractivity contribution in [2.45, 2.75) is 49.4 Å². The van der Waals surface area contributed by atoms with Gasteiger partial charge in [0.25, 0.3) is 0 Å². The number of nitrogens with zero attached hydrogens (tertiary/aromatic N) is 2. The summed E-state index contributed by atoms with van der Waals surface area (Å²) in [6, 6.07) is 0.963. The van der Waals surface area contributed by atoms with Crippen LogP contribution < -0.4 is 0 Å². The number of likely N-dealkylation sites (N-methyl/N-ethyl adjacent to an activating group) is 1. The van der Waals surface area contributed by atoms with Crippen LogP contribution in [0.25, 0.3) is 0 Å². The highest BCUT2D eigenvalue weighted by atomic mass is 32.1. The van der Waals surface area contributed by atoms with E-state index in [1.54, 1.807) is 0 Å². The Morgan fingerprint density at radius 3 is 2.56 bits per heavy atom. The molecule has 0 bridgehead atoms. The lowest BCUT2D eigenvalue weighted by Gasteiger charge is -2.41. The SMILES string of the molecule is CN(C)[C@H]1CCCC[C@@H]1N1CC(S)CC1=O. The Labute approximate surface area is 104 Å². The highest BCUT2D eigenvalue weighted by molar-refractivity contribution is 7.81. The van der Waals surface area contributed by atoms with Gasteiger partial charge in [0.1, 0.15) is 0 Å². The molecular weight excluding hydrogens is 220 g/mol. The molecule has 2 fully saturated rings. The second-order valence-electron chi connectivity index (χ2n) is 5.29. The van der Waals surface area contributed by atoms with Crippen molar-refractivity contribution in [3.05, 3.63) is 0 Å². The number of hydrogen-bond acceptors (Lipinski definition) is 3. The van der Waals surface area contributed by atoms with Crippen LogP contribution >= 0.6 is 12.6 Å².